The monoisotopic (exact) mass is 1000 g/mol. The van der Waals surface area contributed by atoms with Gasteiger partial charge in [-0.1, -0.05) is 54.3 Å². The van der Waals surface area contributed by atoms with Crippen LogP contribution in [0.1, 0.15) is 138 Å². The van der Waals surface area contributed by atoms with E-state index in [4.69, 9.17) is 19.9 Å². The van der Waals surface area contributed by atoms with Crippen molar-refractivity contribution in [1.29, 1.82) is 0 Å². The lowest BCUT2D eigenvalue weighted by Gasteiger charge is -2.44. The largest absolute Gasteiger partial charge is 0.507 e. The second-order valence-electron chi connectivity index (χ2n) is 20.1. The number of hydrogen-bond donors (Lipinski definition) is 10. The maximum Gasteiger partial charge on any atom is 0.308 e. The first kappa shape index (κ1) is 51.7. The van der Waals surface area contributed by atoms with E-state index < -0.39 is 108 Å². The second-order valence-corrected chi connectivity index (χ2v) is 20.1. The van der Waals surface area contributed by atoms with E-state index >= 15 is 9.59 Å². The van der Waals surface area contributed by atoms with Crippen LogP contribution in [0.25, 0.3) is 12.2 Å². The van der Waals surface area contributed by atoms with Crippen LogP contribution in [0.15, 0.2) is 42.5 Å². The Morgan fingerprint density at radius 1 is 0.973 bits per heavy atom. The van der Waals surface area contributed by atoms with Gasteiger partial charge in [0.2, 0.25) is 12.1 Å². The van der Waals surface area contributed by atoms with Crippen molar-refractivity contribution in [3.63, 3.8) is 0 Å². The number of aromatic hydroxyl groups is 1. The third-order valence-electron chi connectivity index (χ3n) is 15.2. The SMILES string of the molecule is CNC[C@@H]1C[C@H]2CCc3ccc(Cc4c(O)c5c6c(c4O[C@H]4O[C@@H](C)[C@@H](O)C(O)(O)[C@H]4O)CC#C[C@H](N)CC[C@@H](O)Cc4cccc(c4)/C=C/c4c(OC(C)=O)cc(CO)c(c4C6=O)C5=O)c(C=O)c3[C@@]2(O)C1. The number of phenolic OH excluding ortho intramolecular Hbond substituents is 1. The predicted octanol–water partition coefficient (Wildman–Crippen LogP) is 2.64. The molecule has 4 bridgehead atoms. The number of esters is 1. The molecule has 17 nitrogen and oxygen atoms in total. The molecule has 0 spiro atoms. The Morgan fingerprint density at radius 3 is 2.47 bits per heavy atom. The van der Waals surface area contributed by atoms with Crippen LogP contribution in [0.2, 0.25) is 0 Å². The summed E-state index contributed by atoms with van der Waals surface area (Å²) in [4.78, 5) is 57.4. The first-order chi connectivity index (χ1) is 34.8. The number of nitrogens with two attached hydrogens (primary N) is 1. The number of aryl methyl sites for hydroxylation is 1. The molecule has 1 saturated carbocycles. The molecule has 4 aromatic carbocycles. The molecule has 73 heavy (non-hydrogen) atoms. The lowest BCUT2D eigenvalue weighted by Crippen LogP contribution is -2.67. The molecular weight excluding hydrogens is 941 g/mol. The van der Waals surface area contributed by atoms with Gasteiger partial charge in [0.15, 0.2) is 24.0 Å². The Bertz CT molecular complexity index is 3010. The summed E-state index contributed by atoms with van der Waals surface area (Å²) in [6, 6.07) is 11.1. The van der Waals surface area contributed by atoms with Crippen molar-refractivity contribution in [1.82, 2.24) is 5.32 Å². The highest BCUT2D eigenvalue weighted by molar-refractivity contribution is 6.32. The molecule has 4 aromatic rings. The number of rotatable bonds is 9. The number of phenols is 1. The van der Waals surface area contributed by atoms with Gasteiger partial charge < -0.3 is 66.1 Å². The van der Waals surface area contributed by atoms with Crippen molar-refractivity contribution >= 4 is 36.0 Å². The maximum atomic E-state index is 15.8. The number of ketones is 2. The fourth-order valence-corrected chi connectivity index (χ4v) is 11.8. The molecule has 9 rings (SSSR count). The summed E-state index contributed by atoms with van der Waals surface area (Å²) in [5.41, 5.74) is 5.89. The smallest absolute Gasteiger partial charge is 0.308 e. The molecule has 0 amide bonds. The third kappa shape index (κ3) is 9.31. The van der Waals surface area contributed by atoms with Gasteiger partial charge in [0.05, 0.1) is 36.0 Å². The number of carbonyl (C=O) groups excluding carboxylic acids is 4. The van der Waals surface area contributed by atoms with Crippen molar-refractivity contribution in [3.05, 3.63) is 120 Å². The number of ether oxygens (including phenoxy) is 3. The van der Waals surface area contributed by atoms with Crippen molar-refractivity contribution in [2.45, 2.75) is 126 Å². The number of hydrogen-bond acceptors (Lipinski definition) is 17. The molecule has 384 valence electrons. The van der Waals surface area contributed by atoms with Gasteiger partial charge in [-0.25, -0.2) is 0 Å². The topological polar surface area (TPSA) is 296 Å². The minimum absolute atomic E-state index is 0.0490. The number of benzene rings is 4. The quantitative estimate of drug-likeness (QED) is 0.0334. The second kappa shape index (κ2) is 20.3. The van der Waals surface area contributed by atoms with E-state index in [1.165, 1.54) is 19.1 Å². The number of carbonyl (C=O) groups is 4. The highest BCUT2D eigenvalue weighted by Gasteiger charge is 2.55. The van der Waals surface area contributed by atoms with Crippen molar-refractivity contribution in [3.8, 4) is 29.1 Å². The lowest BCUT2D eigenvalue weighted by molar-refractivity contribution is -0.371. The number of aliphatic hydroxyl groups is 7. The normalized spacial score (nSPS) is 27.6. The Hall–Kier alpha value is -6.14. The summed E-state index contributed by atoms with van der Waals surface area (Å²) in [6.07, 6.45) is -2.76. The highest BCUT2D eigenvalue weighted by atomic mass is 16.7. The van der Waals surface area contributed by atoms with E-state index in [-0.39, 0.29) is 81.4 Å². The molecular formula is C56H60N2O15. The van der Waals surface area contributed by atoms with E-state index in [9.17, 15) is 50.4 Å². The van der Waals surface area contributed by atoms with Crippen LogP contribution in [0.5, 0.6) is 17.2 Å². The van der Waals surface area contributed by atoms with E-state index in [0.29, 0.717) is 49.6 Å². The minimum Gasteiger partial charge on any atom is -0.507 e. The number of fused-ring (bicyclic) bond motifs is 5. The maximum absolute atomic E-state index is 15.8. The standard InChI is InChI=1S/C56H60N2O15/c1-27-52(66)56(69,70)53(67)54(71-27)73-51-39-9-5-8-36(57)15-16-37(62)20-30-7-4-6-29(18-30)10-17-38-42(72-28(2)61)22-34(25-59)43-44(38)50(65)45(39)46(49(43)64)48(63)40(51)21-33-12-11-32-13-14-35-19-31(24-58-3)23-55(35,68)47(32)41(33)26-60/h4,6-7,10-12,17-18,22,26-27,31,35-37,52-54,58-59,62-63,66-70H,9,13-16,19-21,23-25,57H2,1-3H3/b17-10+/t27-,31+,35+,36-,37+,52+,53-,54+,55+/m0/s1. The van der Waals surface area contributed by atoms with Crippen molar-refractivity contribution in [2.24, 2.45) is 17.6 Å². The van der Waals surface area contributed by atoms with Crippen LogP contribution >= 0.6 is 0 Å². The molecule has 1 saturated heterocycles. The van der Waals surface area contributed by atoms with Gasteiger partial charge in [-0.2, -0.15) is 0 Å². The zero-order valence-corrected chi connectivity index (χ0v) is 40.7. The molecule has 2 fully saturated rings. The Balaban J connectivity index is 1.33. The van der Waals surface area contributed by atoms with Gasteiger partial charge in [0.25, 0.3) is 0 Å². The lowest BCUT2D eigenvalue weighted by atomic mass is 9.70. The molecule has 5 aliphatic rings. The average Bonchev–Trinajstić information content (AvgIpc) is 3.69. The summed E-state index contributed by atoms with van der Waals surface area (Å²) in [6.45, 7) is 2.24. The first-order valence-corrected chi connectivity index (χ1v) is 24.6. The van der Waals surface area contributed by atoms with E-state index in [2.05, 4.69) is 17.2 Å². The van der Waals surface area contributed by atoms with Crippen molar-refractivity contribution < 1.29 is 74.2 Å². The fraction of sp³-hybridized carbons (Fsp3) is 0.429. The first-order valence-electron chi connectivity index (χ1n) is 24.6. The van der Waals surface area contributed by atoms with E-state index in [1.54, 1.807) is 30.3 Å². The molecule has 1 aliphatic heterocycles. The summed E-state index contributed by atoms with van der Waals surface area (Å²) in [7, 11) is 1.83. The molecule has 9 atom stereocenters. The van der Waals surface area contributed by atoms with Gasteiger partial charge in [-0.05, 0) is 123 Å². The highest BCUT2D eigenvalue weighted by Crippen LogP contribution is 2.54. The fourth-order valence-electron chi connectivity index (χ4n) is 11.8. The molecule has 0 aromatic heterocycles. The van der Waals surface area contributed by atoms with Crippen LogP contribution in [0.3, 0.4) is 0 Å². The van der Waals surface area contributed by atoms with Gasteiger partial charge >= 0.3 is 5.97 Å². The summed E-state index contributed by atoms with van der Waals surface area (Å²) >= 11 is 0. The molecule has 17 heteroatoms. The van der Waals surface area contributed by atoms with Crippen LogP contribution < -0.4 is 20.5 Å². The van der Waals surface area contributed by atoms with E-state index in [0.717, 1.165) is 18.1 Å². The Labute approximate surface area is 421 Å². The molecule has 0 radical (unpaired) electrons. The van der Waals surface area contributed by atoms with Gasteiger partial charge in [-0.3, -0.25) is 19.2 Å². The number of aldehydes is 1. The zero-order chi connectivity index (χ0) is 52.3. The number of nitrogens with one attached hydrogen (secondary N) is 1. The predicted molar refractivity (Wildman–Crippen MR) is 264 cm³/mol. The van der Waals surface area contributed by atoms with Crippen LogP contribution in [-0.4, -0.2) is 121 Å². The molecule has 11 N–H and O–H groups in total. The molecule has 4 aliphatic carbocycles. The van der Waals surface area contributed by atoms with Crippen LogP contribution in [0.4, 0.5) is 0 Å². The summed E-state index contributed by atoms with van der Waals surface area (Å²) in [5.74, 6) is -1.43. The average molecular weight is 1000 g/mol. The van der Waals surface area contributed by atoms with Gasteiger partial charge in [-0.15, -0.1) is 0 Å². The van der Waals surface area contributed by atoms with Crippen LogP contribution in [-0.2, 0) is 47.4 Å². The molecule has 0 unspecified atom stereocenters. The number of aliphatic hydroxyl groups excluding tert-OH is 4. The molecule has 1 heterocycles. The third-order valence-corrected chi connectivity index (χ3v) is 15.2. The van der Waals surface area contributed by atoms with Gasteiger partial charge in [0.1, 0.15) is 23.4 Å². The summed E-state index contributed by atoms with van der Waals surface area (Å²) < 4.78 is 18.0. The van der Waals surface area contributed by atoms with Gasteiger partial charge in [0, 0.05) is 58.7 Å². The van der Waals surface area contributed by atoms with E-state index in [1.807, 2.05) is 19.2 Å². The Morgan fingerprint density at radius 2 is 1.74 bits per heavy atom. The van der Waals surface area contributed by atoms with Crippen LogP contribution in [0, 0.1) is 23.7 Å². The summed E-state index contributed by atoms with van der Waals surface area (Å²) in [5, 5.41) is 94.8. The van der Waals surface area contributed by atoms with Crippen molar-refractivity contribution in [2.75, 3.05) is 13.6 Å². The Kier molecular flexibility index (Phi) is 14.4. The zero-order valence-electron chi connectivity index (χ0n) is 40.7. The minimum atomic E-state index is -3.22.